The minimum Gasteiger partial charge on any atom is -0.490 e. The van der Waals surface area contributed by atoms with E-state index in [0.29, 0.717) is 37.4 Å². The van der Waals surface area contributed by atoms with E-state index in [0.717, 1.165) is 17.7 Å². The molecule has 210 valence electrons. The first-order valence-corrected chi connectivity index (χ1v) is 15.4. The van der Waals surface area contributed by atoms with Crippen molar-refractivity contribution in [3.05, 3.63) is 64.2 Å². The number of hydrogen-bond acceptors (Lipinski definition) is 5. The maximum Gasteiger partial charge on any atom is 0.165 e. The van der Waals surface area contributed by atoms with Crippen molar-refractivity contribution in [1.29, 1.82) is 0 Å². The smallest absolute Gasteiger partial charge is 0.165 e. The lowest BCUT2D eigenvalue weighted by Gasteiger charge is -2.51. The Bertz CT molecular complexity index is 1230. The molecule has 0 bridgehead atoms. The topological polar surface area (TPSA) is 55.8 Å². The average molecular weight is 570 g/mol. The van der Waals surface area contributed by atoms with Gasteiger partial charge in [0.05, 0.1) is 24.2 Å². The van der Waals surface area contributed by atoms with E-state index in [2.05, 4.69) is 25.7 Å². The maximum atomic E-state index is 15.4. The van der Waals surface area contributed by atoms with Gasteiger partial charge in [-0.15, -0.1) is 0 Å². The Morgan fingerprint density at radius 1 is 1.08 bits per heavy atom. The number of nitrogens with zero attached hydrogens (tertiary/aromatic N) is 1. The summed E-state index contributed by atoms with van der Waals surface area (Å²) in [4.78, 5) is 2.14. The summed E-state index contributed by atoms with van der Waals surface area (Å²) in [6, 6.07) is 9.59. The molecule has 0 N–H and O–H groups in total. The Hall–Kier alpha value is -1.74. The van der Waals surface area contributed by atoms with E-state index in [9.17, 15) is 12.8 Å². The molecule has 5 nitrogen and oxygen atoms in total. The quantitative estimate of drug-likeness (QED) is 0.381. The summed E-state index contributed by atoms with van der Waals surface area (Å²) in [6.45, 7) is 7.42. The van der Waals surface area contributed by atoms with Crippen molar-refractivity contribution in [1.82, 2.24) is 4.90 Å². The van der Waals surface area contributed by atoms with Crippen molar-refractivity contribution in [2.75, 3.05) is 38.3 Å². The van der Waals surface area contributed by atoms with Crippen molar-refractivity contribution >= 4 is 21.4 Å². The highest BCUT2D eigenvalue weighted by atomic mass is 35.5. The molecule has 1 fully saturated rings. The van der Waals surface area contributed by atoms with Crippen LogP contribution < -0.4 is 4.74 Å². The van der Waals surface area contributed by atoms with Crippen LogP contribution in [0.25, 0.3) is 0 Å². The van der Waals surface area contributed by atoms with Gasteiger partial charge in [0.1, 0.15) is 15.7 Å². The van der Waals surface area contributed by atoms with Crippen LogP contribution in [0.3, 0.4) is 0 Å². The third-order valence-corrected chi connectivity index (χ3v) is 10.3. The van der Waals surface area contributed by atoms with Gasteiger partial charge in [0.2, 0.25) is 0 Å². The highest BCUT2D eigenvalue weighted by Gasteiger charge is 2.53. The van der Waals surface area contributed by atoms with Crippen LogP contribution in [0.2, 0.25) is 5.02 Å². The molecule has 0 radical (unpaired) electrons. The zero-order valence-electron chi connectivity index (χ0n) is 22.6. The first kappa shape index (κ1) is 29.2. The number of benzene rings is 2. The fourth-order valence-electron chi connectivity index (χ4n) is 5.75. The molecule has 0 aromatic heterocycles. The minimum absolute atomic E-state index is 0.0249. The van der Waals surface area contributed by atoms with Gasteiger partial charge in [-0.1, -0.05) is 23.7 Å². The van der Waals surface area contributed by atoms with Gasteiger partial charge < -0.3 is 14.4 Å². The fraction of sp³-hybridized carbons (Fsp3) is 0.586. The number of halogens is 3. The Labute approximate surface area is 230 Å². The molecular weight excluding hydrogens is 532 g/mol. The zero-order chi connectivity index (χ0) is 27.7. The molecular formula is C29H38ClF2NO4S. The molecule has 2 aromatic carbocycles. The summed E-state index contributed by atoms with van der Waals surface area (Å²) < 4.78 is 68.0. The van der Waals surface area contributed by atoms with Crippen LogP contribution >= 0.6 is 11.6 Å². The molecule has 3 atom stereocenters. The molecule has 2 aromatic rings. The molecule has 2 heterocycles. The van der Waals surface area contributed by atoms with Crippen molar-refractivity contribution in [3.63, 3.8) is 0 Å². The van der Waals surface area contributed by atoms with Crippen molar-refractivity contribution < 1.29 is 26.7 Å². The van der Waals surface area contributed by atoms with Crippen LogP contribution in [0.1, 0.15) is 51.2 Å². The molecule has 4 rings (SSSR count). The lowest BCUT2D eigenvalue weighted by molar-refractivity contribution is -0.0963. The van der Waals surface area contributed by atoms with Gasteiger partial charge in [0.15, 0.2) is 11.6 Å². The zero-order valence-corrected chi connectivity index (χ0v) is 24.2. The second-order valence-electron chi connectivity index (χ2n) is 11.7. The second kappa shape index (κ2) is 11.4. The number of sulfone groups is 1. The molecule has 0 saturated carbocycles. The third kappa shape index (κ3) is 6.35. The lowest BCUT2D eigenvalue weighted by Crippen LogP contribution is -2.55. The van der Waals surface area contributed by atoms with Gasteiger partial charge >= 0.3 is 0 Å². The van der Waals surface area contributed by atoms with Gasteiger partial charge in [-0.25, -0.2) is 17.2 Å². The largest absolute Gasteiger partial charge is 0.490 e. The molecule has 0 spiro atoms. The third-order valence-electron chi connectivity index (χ3n) is 8.24. The molecule has 0 aliphatic carbocycles. The predicted octanol–water partition coefficient (Wildman–Crippen LogP) is 5.82. The summed E-state index contributed by atoms with van der Waals surface area (Å²) in [5.74, 6) is -1.43. The SMILES string of the molecule is CN(CCCS(=O)(=O)CC[C@@H]1OCC[C@@]2(Cc3ccc(Cl)cc3)c3c(F)ccc(F)c3OC[C@@H]12)C(C)(C)C. The van der Waals surface area contributed by atoms with Crippen molar-refractivity contribution in [3.8, 4) is 5.75 Å². The highest BCUT2D eigenvalue weighted by molar-refractivity contribution is 7.91. The second-order valence-corrected chi connectivity index (χ2v) is 14.4. The summed E-state index contributed by atoms with van der Waals surface area (Å²) in [7, 11) is -1.32. The van der Waals surface area contributed by atoms with Gasteiger partial charge in [-0.2, -0.15) is 0 Å². The van der Waals surface area contributed by atoms with E-state index in [4.69, 9.17) is 21.1 Å². The van der Waals surface area contributed by atoms with Gasteiger partial charge in [-0.05, 0) is 89.9 Å². The Morgan fingerprint density at radius 2 is 1.76 bits per heavy atom. The van der Waals surface area contributed by atoms with Gasteiger partial charge in [0.25, 0.3) is 0 Å². The van der Waals surface area contributed by atoms with Gasteiger partial charge in [0, 0.05) is 34.1 Å². The standard InChI is InChI=1S/C29H38ClF2NO4S/c1-28(2,3)33(4)14-5-16-38(34,35)17-12-25-22-19-37-27-24(32)11-10-23(31)26(27)29(22,13-15-36-25)18-20-6-8-21(30)9-7-20/h6-11,22,25H,5,12-19H2,1-4H3/t22-,25-,29-/m0/s1. The average Bonchev–Trinajstić information content (AvgIpc) is 2.85. The van der Waals surface area contributed by atoms with Crippen molar-refractivity contribution in [2.45, 2.75) is 63.5 Å². The number of hydrogen-bond donors (Lipinski definition) is 0. The number of fused-ring (bicyclic) bond motifs is 3. The van der Waals surface area contributed by atoms with E-state index in [-0.39, 0.29) is 47.3 Å². The van der Waals surface area contributed by atoms with Crippen LogP contribution in [0.15, 0.2) is 36.4 Å². The molecule has 0 amide bonds. The summed E-state index contributed by atoms with van der Waals surface area (Å²) >= 11 is 6.09. The monoisotopic (exact) mass is 569 g/mol. The van der Waals surface area contributed by atoms with Crippen LogP contribution in [-0.2, 0) is 26.4 Å². The Morgan fingerprint density at radius 3 is 2.45 bits per heavy atom. The molecule has 2 aliphatic heterocycles. The van der Waals surface area contributed by atoms with Crippen molar-refractivity contribution in [2.24, 2.45) is 5.92 Å². The van der Waals surface area contributed by atoms with Crippen LogP contribution in [0, 0.1) is 17.6 Å². The summed E-state index contributed by atoms with van der Waals surface area (Å²) in [5.41, 5.74) is 0.340. The van der Waals surface area contributed by atoms with Gasteiger partial charge in [-0.3, -0.25) is 0 Å². The van der Waals surface area contributed by atoms with E-state index >= 15 is 4.39 Å². The lowest BCUT2D eigenvalue weighted by atomic mass is 9.60. The van der Waals surface area contributed by atoms with E-state index in [1.807, 2.05) is 19.2 Å². The highest BCUT2D eigenvalue weighted by Crippen LogP contribution is 2.52. The van der Waals surface area contributed by atoms with Crippen LogP contribution in [-0.4, -0.2) is 63.3 Å². The molecule has 1 saturated heterocycles. The molecule has 2 aliphatic rings. The normalized spacial score (nSPS) is 23.6. The first-order chi connectivity index (χ1) is 17.8. The first-order valence-electron chi connectivity index (χ1n) is 13.2. The molecule has 38 heavy (non-hydrogen) atoms. The Balaban J connectivity index is 1.56. The molecule has 0 unspecified atom stereocenters. The number of ether oxygens (including phenoxy) is 2. The Kier molecular flexibility index (Phi) is 8.77. The minimum atomic E-state index is -3.32. The van der Waals surface area contributed by atoms with Crippen LogP contribution in [0.5, 0.6) is 5.75 Å². The summed E-state index contributed by atoms with van der Waals surface area (Å²) in [5, 5.41) is 0.594. The number of rotatable bonds is 9. The van der Waals surface area contributed by atoms with E-state index in [1.54, 1.807) is 12.1 Å². The predicted molar refractivity (Wildman–Crippen MR) is 147 cm³/mol. The molecule has 9 heteroatoms. The maximum absolute atomic E-state index is 15.4. The van der Waals surface area contributed by atoms with E-state index in [1.165, 1.54) is 0 Å². The fourth-order valence-corrected chi connectivity index (χ4v) is 7.24. The van der Waals surface area contributed by atoms with Crippen LogP contribution in [0.4, 0.5) is 8.78 Å². The summed E-state index contributed by atoms with van der Waals surface area (Å²) in [6.07, 6.45) is 1.28. The van der Waals surface area contributed by atoms with E-state index < -0.39 is 33.0 Å².